The minimum absolute atomic E-state index is 0.110. The number of ether oxygens (including phenoxy) is 1. The molecule has 104 valence electrons. The molecule has 0 bridgehead atoms. The molecule has 1 heterocycles. The monoisotopic (exact) mass is 267 g/mol. The first-order valence-corrected chi connectivity index (χ1v) is 6.27. The minimum atomic E-state index is -0.961. The number of aliphatic carboxylic acids is 1. The number of carbonyl (C=O) groups excluding carboxylic acids is 1. The molecule has 1 aliphatic rings. The Morgan fingerprint density at radius 2 is 2.21 bits per heavy atom. The van der Waals surface area contributed by atoms with Crippen LogP contribution in [0, 0.1) is 5.41 Å². The maximum atomic E-state index is 11.7. The Morgan fingerprint density at radius 1 is 1.53 bits per heavy atom. The van der Waals surface area contributed by atoms with Crippen LogP contribution in [0.5, 0.6) is 0 Å². The molecule has 1 aliphatic carbocycles. The lowest BCUT2D eigenvalue weighted by molar-refractivity contribution is -0.142. The molecule has 1 atom stereocenters. The number of carboxylic acid groups (broad SMARTS) is 1. The fourth-order valence-electron chi connectivity index (χ4n) is 2.54. The molecule has 2 rings (SSSR count). The van der Waals surface area contributed by atoms with E-state index >= 15 is 0 Å². The van der Waals surface area contributed by atoms with Crippen LogP contribution in [0.1, 0.15) is 54.9 Å². The average Bonchev–Trinajstić information content (AvgIpc) is 2.70. The van der Waals surface area contributed by atoms with Crippen molar-refractivity contribution >= 4 is 11.9 Å². The number of hydrogen-bond acceptors (Lipinski definition) is 5. The van der Waals surface area contributed by atoms with E-state index in [2.05, 4.69) is 5.16 Å². The molecule has 0 aliphatic heterocycles. The van der Waals surface area contributed by atoms with Crippen LogP contribution < -0.4 is 0 Å². The van der Waals surface area contributed by atoms with Gasteiger partial charge in [-0.25, -0.2) is 4.79 Å². The van der Waals surface area contributed by atoms with Gasteiger partial charge in [-0.15, -0.1) is 0 Å². The summed E-state index contributed by atoms with van der Waals surface area (Å²) in [5.74, 6) is -2.02. The molecular formula is C13H17NO5. The zero-order valence-electron chi connectivity index (χ0n) is 11.2. The van der Waals surface area contributed by atoms with Gasteiger partial charge < -0.3 is 14.4 Å². The third kappa shape index (κ3) is 2.22. The van der Waals surface area contributed by atoms with Crippen LogP contribution in [0.3, 0.4) is 0 Å². The number of rotatable bonds is 3. The van der Waals surface area contributed by atoms with Gasteiger partial charge in [0.05, 0.1) is 6.61 Å². The van der Waals surface area contributed by atoms with Gasteiger partial charge in [-0.1, -0.05) is 19.0 Å². The molecule has 1 aromatic heterocycles. The first-order valence-electron chi connectivity index (χ1n) is 6.27. The topological polar surface area (TPSA) is 89.6 Å². The maximum Gasteiger partial charge on any atom is 0.360 e. The molecule has 1 N–H and O–H groups in total. The Hall–Kier alpha value is -1.85. The summed E-state index contributed by atoms with van der Waals surface area (Å²) in [5, 5.41) is 13.1. The molecule has 19 heavy (non-hydrogen) atoms. The summed E-state index contributed by atoms with van der Waals surface area (Å²) in [6, 6.07) is 0. The second kappa shape index (κ2) is 4.68. The average molecular weight is 267 g/mol. The van der Waals surface area contributed by atoms with E-state index in [-0.39, 0.29) is 18.1 Å². The van der Waals surface area contributed by atoms with Gasteiger partial charge in [0.25, 0.3) is 0 Å². The molecule has 0 amide bonds. The first kappa shape index (κ1) is 13.6. The van der Waals surface area contributed by atoms with E-state index in [0.717, 1.165) is 0 Å². The number of carbonyl (C=O) groups is 2. The number of hydrogen-bond donors (Lipinski definition) is 1. The SMILES string of the molecule is CCOC(=O)c1noc2c1CCC(C)(C)C2C(=O)O. The highest BCUT2D eigenvalue weighted by Crippen LogP contribution is 2.46. The highest BCUT2D eigenvalue weighted by molar-refractivity contribution is 5.90. The number of nitrogens with zero attached hydrogens (tertiary/aromatic N) is 1. The highest BCUT2D eigenvalue weighted by Gasteiger charge is 2.45. The summed E-state index contributed by atoms with van der Waals surface area (Å²) in [7, 11) is 0. The molecule has 0 saturated heterocycles. The van der Waals surface area contributed by atoms with E-state index in [0.29, 0.717) is 18.4 Å². The highest BCUT2D eigenvalue weighted by atomic mass is 16.5. The van der Waals surface area contributed by atoms with Crippen molar-refractivity contribution in [1.29, 1.82) is 0 Å². The summed E-state index contributed by atoms with van der Waals surface area (Å²) in [6.07, 6.45) is 1.23. The summed E-state index contributed by atoms with van der Waals surface area (Å²) in [4.78, 5) is 23.2. The normalized spacial score (nSPS) is 20.7. The molecule has 0 saturated carbocycles. The summed E-state index contributed by atoms with van der Waals surface area (Å²) >= 11 is 0. The second-order valence-corrected chi connectivity index (χ2v) is 5.35. The molecule has 0 fully saturated rings. The number of carboxylic acids is 1. The third-order valence-electron chi connectivity index (χ3n) is 3.60. The molecule has 1 unspecified atom stereocenters. The standard InChI is InChI=1S/C13H17NO5/c1-4-18-12(17)9-7-5-6-13(2,3)8(11(15)16)10(7)19-14-9/h8H,4-6H2,1-3H3,(H,15,16). The Morgan fingerprint density at radius 3 is 2.79 bits per heavy atom. The van der Waals surface area contributed by atoms with Gasteiger partial charge >= 0.3 is 11.9 Å². The molecule has 0 aromatic carbocycles. The predicted molar refractivity (Wildman–Crippen MR) is 64.9 cm³/mol. The van der Waals surface area contributed by atoms with Gasteiger partial charge in [0.15, 0.2) is 11.5 Å². The Kier molecular flexibility index (Phi) is 3.34. The fraction of sp³-hybridized carbons (Fsp3) is 0.615. The molecule has 0 spiro atoms. The van der Waals surface area contributed by atoms with Crippen molar-refractivity contribution < 1.29 is 24.0 Å². The lowest BCUT2D eigenvalue weighted by Crippen LogP contribution is -2.33. The Balaban J connectivity index is 2.44. The van der Waals surface area contributed by atoms with Crippen molar-refractivity contribution in [3.63, 3.8) is 0 Å². The van der Waals surface area contributed by atoms with E-state index in [1.165, 1.54) is 0 Å². The summed E-state index contributed by atoms with van der Waals surface area (Å²) in [6.45, 7) is 5.70. The van der Waals surface area contributed by atoms with Crippen molar-refractivity contribution in [2.45, 2.75) is 39.5 Å². The van der Waals surface area contributed by atoms with Crippen LogP contribution in [-0.2, 0) is 16.0 Å². The van der Waals surface area contributed by atoms with Crippen molar-refractivity contribution in [3.8, 4) is 0 Å². The Labute approximate surface area is 110 Å². The van der Waals surface area contributed by atoms with Crippen LogP contribution in [-0.4, -0.2) is 28.8 Å². The van der Waals surface area contributed by atoms with Gasteiger partial charge in [0.2, 0.25) is 0 Å². The number of fused-ring (bicyclic) bond motifs is 1. The molecular weight excluding hydrogens is 250 g/mol. The van der Waals surface area contributed by atoms with Crippen LogP contribution >= 0.6 is 0 Å². The lowest BCUT2D eigenvalue weighted by Gasteiger charge is -2.34. The van der Waals surface area contributed by atoms with Crippen LogP contribution in [0.25, 0.3) is 0 Å². The number of aromatic nitrogens is 1. The minimum Gasteiger partial charge on any atom is -0.481 e. The van der Waals surface area contributed by atoms with E-state index in [9.17, 15) is 14.7 Å². The van der Waals surface area contributed by atoms with Crippen LogP contribution in [0.15, 0.2) is 4.52 Å². The van der Waals surface area contributed by atoms with Crippen molar-refractivity contribution in [2.75, 3.05) is 6.61 Å². The summed E-state index contributed by atoms with van der Waals surface area (Å²) in [5.41, 5.74) is 0.258. The van der Waals surface area contributed by atoms with E-state index < -0.39 is 23.3 Å². The van der Waals surface area contributed by atoms with Gasteiger partial charge in [0, 0.05) is 5.56 Å². The van der Waals surface area contributed by atoms with E-state index in [1.807, 2.05) is 13.8 Å². The van der Waals surface area contributed by atoms with Crippen molar-refractivity contribution in [3.05, 3.63) is 17.0 Å². The quantitative estimate of drug-likeness (QED) is 0.842. The smallest absolute Gasteiger partial charge is 0.360 e. The van der Waals surface area contributed by atoms with Crippen molar-refractivity contribution in [2.24, 2.45) is 5.41 Å². The molecule has 6 heteroatoms. The molecule has 0 radical (unpaired) electrons. The van der Waals surface area contributed by atoms with Gasteiger partial charge in [-0.2, -0.15) is 0 Å². The largest absolute Gasteiger partial charge is 0.481 e. The second-order valence-electron chi connectivity index (χ2n) is 5.35. The zero-order valence-corrected chi connectivity index (χ0v) is 11.2. The van der Waals surface area contributed by atoms with Gasteiger partial charge in [0.1, 0.15) is 5.92 Å². The third-order valence-corrected chi connectivity index (χ3v) is 3.60. The first-order chi connectivity index (χ1) is 8.88. The van der Waals surface area contributed by atoms with E-state index in [4.69, 9.17) is 9.26 Å². The van der Waals surface area contributed by atoms with Gasteiger partial charge in [-0.05, 0) is 25.2 Å². The fourth-order valence-corrected chi connectivity index (χ4v) is 2.54. The molecule has 1 aromatic rings. The van der Waals surface area contributed by atoms with Gasteiger partial charge in [-0.3, -0.25) is 4.79 Å². The lowest BCUT2D eigenvalue weighted by atomic mass is 9.68. The summed E-state index contributed by atoms with van der Waals surface area (Å²) < 4.78 is 10.0. The number of esters is 1. The molecule has 6 nitrogen and oxygen atoms in total. The van der Waals surface area contributed by atoms with E-state index in [1.54, 1.807) is 6.92 Å². The van der Waals surface area contributed by atoms with Crippen molar-refractivity contribution in [1.82, 2.24) is 5.16 Å². The van der Waals surface area contributed by atoms with Crippen LogP contribution in [0.4, 0.5) is 0 Å². The van der Waals surface area contributed by atoms with Crippen LogP contribution in [0.2, 0.25) is 0 Å². The Bertz CT molecular complexity index is 517. The predicted octanol–water partition coefficient (Wildman–Crippen LogP) is 1.99. The zero-order chi connectivity index (χ0) is 14.2. The maximum absolute atomic E-state index is 11.7.